The molecule has 0 spiro atoms. The second-order valence-electron chi connectivity index (χ2n) is 3.52. The third-order valence-corrected chi connectivity index (χ3v) is 2.59. The number of carboxylic acids is 1. The lowest BCUT2D eigenvalue weighted by molar-refractivity contribution is 0.0688. The normalized spacial score (nSPS) is 10.1. The summed E-state index contributed by atoms with van der Waals surface area (Å²) < 4.78 is 18.9. The summed E-state index contributed by atoms with van der Waals surface area (Å²) in [7, 11) is 0. The van der Waals surface area contributed by atoms with Gasteiger partial charge in [-0.15, -0.1) is 12.6 Å². The van der Waals surface area contributed by atoms with E-state index >= 15 is 0 Å². The smallest absolute Gasteiger partial charge is 0.339 e. The van der Waals surface area contributed by atoms with Crippen molar-refractivity contribution < 1.29 is 19.0 Å². The zero-order chi connectivity index (χ0) is 13.1. The van der Waals surface area contributed by atoms with Crippen molar-refractivity contribution in [2.75, 3.05) is 0 Å². The highest BCUT2D eigenvalue weighted by Crippen LogP contribution is 2.28. The molecule has 0 atom stereocenters. The molecule has 0 heterocycles. The Morgan fingerprint density at radius 1 is 1.17 bits per heavy atom. The molecule has 0 aromatic heterocycles. The predicted octanol–water partition coefficient (Wildman–Crippen LogP) is 3.60. The first-order valence-electron chi connectivity index (χ1n) is 5.06. The van der Waals surface area contributed by atoms with Gasteiger partial charge < -0.3 is 9.84 Å². The highest BCUT2D eigenvalue weighted by molar-refractivity contribution is 7.80. The maximum Gasteiger partial charge on any atom is 0.339 e. The quantitative estimate of drug-likeness (QED) is 0.832. The summed E-state index contributed by atoms with van der Waals surface area (Å²) in [4.78, 5) is 10.8. The number of aromatic carboxylic acids is 1. The van der Waals surface area contributed by atoms with Crippen molar-refractivity contribution in [3.05, 3.63) is 53.8 Å². The summed E-state index contributed by atoms with van der Waals surface area (Å²) >= 11 is 3.94. The van der Waals surface area contributed by atoms with Crippen molar-refractivity contribution in [3.8, 4) is 11.5 Å². The topological polar surface area (TPSA) is 46.5 Å². The number of hydrogen-bond acceptors (Lipinski definition) is 3. The molecule has 0 aliphatic heterocycles. The molecular formula is C13H9FO3S. The van der Waals surface area contributed by atoms with Gasteiger partial charge in [0.05, 0.1) is 0 Å². The first-order valence-corrected chi connectivity index (χ1v) is 5.51. The van der Waals surface area contributed by atoms with Crippen molar-refractivity contribution in [3.63, 3.8) is 0 Å². The molecule has 18 heavy (non-hydrogen) atoms. The molecule has 0 bridgehead atoms. The zero-order valence-electron chi connectivity index (χ0n) is 9.13. The van der Waals surface area contributed by atoms with E-state index in [9.17, 15) is 9.18 Å². The Morgan fingerprint density at radius 3 is 2.39 bits per heavy atom. The van der Waals surface area contributed by atoms with Gasteiger partial charge in [0, 0.05) is 11.0 Å². The largest absolute Gasteiger partial charge is 0.478 e. The molecule has 0 aliphatic carbocycles. The van der Waals surface area contributed by atoms with Crippen molar-refractivity contribution in [2.45, 2.75) is 4.90 Å². The van der Waals surface area contributed by atoms with Crippen LogP contribution in [0.25, 0.3) is 0 Å². The minimum absolute atomic E-state index is 0.0217. The maximum absolute atomic E-state index is 13.6. The van der Waals surface area contributed by atoms with E-state index in [0.717, 1.165) is 6.07 Å². The lowest BCUT2D eigenvalue weighted by Gasteiger charge is -2.08. The fraction of sp³-hybridized carbons (Fsp3) is 0. The number of para-hydroxylation sites is 1. The molecule has 3 nitrogen and oxygen atoms in total. The Bertz CT molecular complexity index is 561. The van der Waals surface area contributed by atoms with Crippen molar-refractivity contribution in [1.29, 1.82) is 0 Å². The Kier molecular flexibility index (Phi) is 3.53. The van der Waals surface area contributed by atoms with Gasteiger partial charge in [0.15, 0.2) is 0 Å². The molecule has 0 aliphatic rings. The third kappa shape index (κ3) is 2.62. The van der Waals surface area contributed by atoms with E-state index < -0.39 is 17.3 Å². The summed E-state index contributed by atoms with van der Waals surface area (Å²) in [5.41, 5.74) is -0.459. The van der Waals surface area contributed by atoms with E-state index in [0.29, 0.717) is 5.75 Å². The van der Waals surface area contributed by atoms with Crippen LogP contribution in [-0.2, 0) is 0 Å². The lowest BCUT2D eigenvalue weighted by Crippen LogP contribution is -2.02. The van der Waals surface area contributed by atoms with Crippen LogP contribution < -0.4 is 4.74 Å². The third-order valence-electron chi connectivity index (χ3n) is 2.24. The van der Waals surface area contributed by atoms with Gasteiger partial charge in [0.25, 0.3) is 0 Å². The van der Waals surface area contributed by atoms with Gasteiger partial charge >= 0.3 is 5.97 Å². The molecule has 5 heteroatoms. The first-order chi connectivity index (χ1) is 8.58. The summed E-state index contributed by atoms with van der Waals surface area (Å²) in [6.45, 7) is 0. The summed E-state index contributed by atoms with van der Waals surface area (Å²) in [6, 6.07) is 11.2. The van der Waals surface area contributed by atoms with E-state index in [1.54, 1.807) is 24.3 Å². The van der Waals surface area contributed by atoms with Crippen LogP contribution >= 0.6 is 12.6 Å². The highest BCUT2D eigenvalue weighted by atomic mass is 32.1. The standard InChI is InChI=1S/C13H9FO3S/c14-10-6-9(7-11(18)12(10)13(15)16)17-8-4-2-1-3-5-8/h1-7,18H,(H,15,16). The van der Waals surface area contributed by atoms with Gasteiger partial charge in [-0.25, -0.2) is 9.18 Å². The second kappa shape index (κ2) is 5.10. The van der Waals surface area contributed by atoms with Crippen LogP contribution in [0.15, 0.2) is 47.4 Å². The number of carbonyl (C=O) groups is 1. The number of hydrogen-bond donors (Lipinski definition) is 2. The van der Waals surface area contributed by atoms with Gasteiger partial charge in [-0.2, -0.15) is 0 Å². The van der Waals surface area contributed by atoms with Crippen LogP contribution in [-0.4, -0.2) is 11.1 Å². The minimum atomic E-state index is -1.36. The van der Waals surface area contributed by atoms with Gasteiger partial charge in [0.2, 0.25) is 0 Å². The van der Waals surface area contributed by atoms with Crippen LogP contribution in [0.3, 0.4) is 0 Å². The minimum Gasteiger partial charge on any atom is -0.478 e. The maximum atomic E-state index is 13.6. The number of thiol groups is 1. The molecule has 2 aromatic rings. The number of rotatable bonds is 3. The molecular weight excluding hydrogens is 255 g/mol. The Hall–Kier alpha value is -2.01. The number of ether oxygens (including phenoxy) is 1. The van der Waals surface area contributed by atoms with Crippen LogP contribution in [0.2, 0.25) is 0 Å². The van der Waals surface area contributed by atoms with Crippen LogP contribution in [0.5, 0.6) is 11.5 Å². The molecule has 2 rings (SSSR count). The molecule has 1 N–H and O–H groups in total. The molecule has 0 unspecified atom stereocenters. The number of halogens is 1. The average molecular weight is 264 g/mol. The zero-order valence-corrected chi connectivity index (χ0v) is 10.0. The summed E-state index contributed by atoms with van der Waals surface area (Å²) in [6.07, 6.45) is 0. The van der Waals surface area contributed by atoms with E-state index in [1.165, 1.54) is 6.07 Å². The van der Waals surface area contributed by atoms with Crippen molar-refractivity contribution >= 4 is 18.6 Å². The van der Waals surface area contributed by atoms with Gasteiger partial charge in [0.1, 0.15) is 22.9 Å². The van der Waals surface area contributed by atoms with Crippen LogP contribution in [0, 0.1) is 5.82 Å². The van der Waals surface area contributed by atoms with Crippen molar-refractivity contribution in [1.82, 2.24) is 0 Å². The average Bonchev–Trinajstić information content (AvgIpc) is 2.28. The van der Waals surface area contributed by atoms with Crippen LogP contribution in [0.4, 0.5) is 4.39 Å². The molecule has 92 valence electrons. The van der Waals surface area contributed by atoms with E-state index in [4.69, 9.17) is 9.84 Å². The summed E-state index contributed by atoms with van der Waals surface area (Å²) in [5.74, 6) is -1.49. The monoisotopic (exact) mass is 264 g/mol. The van der Waals surface area contributed by atoms with Crippen LogP contribution in [0.1, 0.15) is 10.4 Å². The van der Waals surface area contributed by atoms with Gasteiger partial charge in [-0.05, 0) is 18.2 Å². The molecule has 2 aromatic carbocycles. The lowest BCUT2D eigenvalue weighted by atomic mass is 10.2. The number of benzene rings is 2. The summed E-state index contributed by atoms with van der Waals surface area (Å²) in [5, 5.41) is 8.80. The Morgan fingerprint density at radius 2 is 1.83 bits per heavy atom. The van der Waals surface area contributed by atoms with E-state index in [2.05, 4.69) is 12.6 Å². The van der Waals surface area contributed by atoms with E-state index in [1.807, 2.05) is 6.07 Å². The second-order valence-corrected chi connectivity index (χ2v) is 4.00. The van der Waals surface area contributed by atoms with Gasteiger partial charge in [-0.3, -0.25) is 0 Å². The highest BCUT2D eigenvalue weighted by Gasteiger charge is 2.16. The fourth-order valence-electron chi connectivity index (χ4n) is 1.46. The first kappa shape index (κ1) is 12.4. The van der Waals surface area contributed by atoms with Crippen molar-refractivity contribution in [2.24, 2.45) is 0 Å². The SMILES string of the molecule is O=C(O)c1c(F)cc(Oc2ccccc2)cc1S. The molecule has 0 saturated carbocycles. The fourth-order valence-corrected chi connectivity index (χ4v) is 1.79. The Labute approximate surface area is 108 Å². The Balaban J connectivity index is 2.34. The molecule has 0 saturated heterocycles. The number of carboxylic acid groups (broad SMARTS) is 1. The molecule has 0 fully saturated rings. The molecule has 0 radical (unpaired) electrons. The molecule has 0 amide bonds. The predicted molar refractivity (Wildman–Crippen MR) is 67.1 cm³/mol. The van der Waals surface area contributed by atoms with E-state index in [-0.39, 0.29) is 10.6 Å². The van der Waals surface area contributed by atoms with Gasteiger partial charge in [-0.1, -0.05) is 18.2 Å².